The Labute approximate surface area is 279 Å². The molecule has 0 N–H and O–H groups in total. The second kappa shape index (κ2) is 10.6. The second-order valence-electron chi connectivity index (χ2n) is 12.0. The molecule has 2 aliphatic rings. The molecule has 0 saturated carbocycles. The molecule has 47 heavy (non-hydrogen) atoms. The Morgan fingerprint density at radius 3 is 1.26 bits per heavy atom. The Morgan fingerprint density at radius 1 is 0.489 bits per heavy atom. The highest BCUT2D eigenvalue weighted by molar-refractivity contribution is 6.42. The topological polar surface area (TPSA) is 74.8 Å². The van der Waals surface area contributed by atoms with E-state index in [1.165, 1.54) is 9.80 Å². The van der Waals surface area contributed by atoms with Crippen molar-refractivity contribution in [2.45, 2.75) is 20.3 Å². The van der Waals surface area contributed by atoms with Gasteiger partial charge in [0.15, 0.2) is 0 Å². The van der Waals surface area contributed by atoms with Crippen LogP contribution in [0.25, 0.3) is 21.5 Å². The molecule has 0 bridgehead atoms. The van der Waals surface area contributed by atoms with E-state index in [-0.39, 0.29) is 23.6 Å². The maximum Gasteiger partial charge on any atom is 0.265 e. The summed E-state index contributed by atoms with van der Waals surface area (Å²) in [5.41, 5.74) is 6.31. The number of hydrogen-bond acceptors (Lipinski definition) is 4. The SMILES string of the molecule is Cc1cc(Cc2ccc(N3C(=O)c4cccc5c(Cl)ccc(c45)C3=O)c(C)c2)ccc1N1C(=O)c2cccc3c(Cl)ccc(c23)C1=O. The van der Waals surface area contributed by atoms with E-state index in [2.05, 4.69) is 0 Å². The van der Waals surface area contributed by atoms with Gasteiger partial charge in [-0.25, -0.2) is 9.80 Å². The lowest BCUT2D eigenvalue weighted by Crippen LogP contribution is -2.40. The maximum atomic E-state index is 13.6. The molecule has 0 radical (unpaired) electrons. The monoisotopic (exact) mass is 654 g/mol. The van der Waals surface area contributed by atoms with Crippen LogP contribution in [0.2, 0.25) is 10.0 Å². The molecular formula is C39H24Cl2N2O4. The molecular weight excluding hydrogens is 631 g/mol. The van der Waals surface area contributed by atoms with Gasteiger partial charge >= 0.3 is 0 Å². The molecule has 2 heterocycles. The van der Waals surface area contributed by atoms with Gasteiger partial charge in [0.25, 0.3) is 23.6 Å². The molecule has 8 heteroatoms. The fourth-order valence-electron chi connectivity index (χ4n) is 6.95. The van der Waals surface area contributed by atoms with Gasteiger partial charge in [-0.15, -0.1) is 0 Å². The number of hydrogen-bond donors (Lipinski definition) is 0. The fraction of sp³-hybridized carbons (Fsp3) is 0.0769. The zero-order valence-electron chi connectivity index (χ0n) is 25.2. The van der Waals surface area contributed by atoms with Crippen molar-refractivity contribution in [3.05, 3.63) is 152 Å². The molecule has 0 aromatic heterocycles. The van der Waals surface area contributed by atoms with Crippen molar-refractivity contribution in [1.29, 1.82) is 0 Å². The average Bonchev–Trinajstić information content (AvgIpc) is 3.05. The van der Waals surface area contributed by atoms with E-state index in [1.54, 1.807) is 60.7 Å². The zero-order chi connectivity index (χ0) is 32.7. The normalized spacial score (nSPS) is 14.1. The molecule has 0 aliphatic carbocycles. The summed E-state index contributed by atoms with van der Waals surface area (Å²) >= 11 is 12.8. The summed E-state index contributed by atoms with van der Waals surface area (Å²) in [5.74, 6) is -1.55. The molecule has 228 valence electrons. The molecule has 0 spiro atoms. The van der Waals surface area contributed by atoms with Crippen molar-refractivity contribution >= 4 is 79.8 Å². The predicted octanol–water partition coefficient (Wildman–Crippen LogP) is 9.11. The quantitative estimate of drug-likeness (QED) is 0.178. The van der Waals surface area contributed by atoms with Crippen molar-refractivity contribution < 1.29 is 19.2 Å². The Morgan fingerprint density at radius 2 is 0.872 bits per heavy atom. The standard InChI is InChI=1S/C39H24Cl2N2O4/c1-20-17-22(9-15-32(20)42-36(44)26-7-3-5-24-30(40)13-11-28(34(24)26)38(42)46)19-23-10-16-33(21(2)18-23)43-37(45)27-8-4-6-25-31(41)14-12-29(35(25)27)39(43)47/h3-18H,19H2,1-2H3. The summed E-state index contributed by atoms with van der Waals surface area (Å²) < 4.78 is 0. The van der Waals surface area contributed by atoms with Crippen LogP contribution in [-0.4, -0.2) is 23.6 Å². The molecule has 8 rings (SSSR count). The lowest BCUT2D eigenvalue weighted by Gasteiger charge is -2.29. The van der Waals surface area contributed by atoms with E-state index >= 15 is 0 Å². The molecule has 0 atom stereocenters. The number of imide groups is 2. The summed E-state index contributed by atoms with van der Waals surface area (Å²) in [7, 11) is 0. The highest BCUT2D eigenvalue weighted by Gasteiger charge is 2.36. The number of carbonyl (C=O) groups excluding carboxylic acids is 4. The van der Waals surface area contributed by atoms with Crippen LogP contribution in [0.3, 0.4) is 0 Å². The summed E-state index contributed by atoms with van der Waals surface area (Å²) in [4.78, 5) is 57.0. The van der Waals surface area contributed by atoms with E-state index in [0.717, 1.165) is 22.3 Å². The molecule has 0 fully saturated rings. The highest BCUT2D eigenvalue weighted by Crippen LogP contribution is 2.39. The summed E-state index contributed by atoms with van der Waals surface area (Å²) in [6.45, 7) is 3.76. The van der Waals surface area contributed by atoms with Crippen LogP contribution >= 0.6 is 23.2 Å². The number of aryl methyl sites for hydroxylation is 2. The van der Waals surface area contributed by atoms with Crippen LogP contribution in [0.4, 0.5) is 11.4 Å². The summed E-state index contributed by atoms with van der Waals surface area (Å²) in [5, 5.41) is 3.50. The molecule has 6 aromatic carbocycles. The van der Waals surface area contributed by atoms with Gasteiger partial charge in [0.1, 0.15) is 0 Å². The Bertz CT molecular complexity index is 2220. The van der Waals surface area contributed by atoms with Crippen molar-refractivity contribution in [1.82, 2.24) is 0 Å². The summed E-state index contributed by atoms with van der Waals surface area (Å²) in [6.07, 6.45) is 0.563. The van der Waals surface area contributed by atoms with Crippen LogP contribution in [0, 0.1) is 13.8 Å². The number of anilines is 2. The van der Waals surface area contributed by atoms with Crippen molar-refractivity contribution in [2.24, 2.45) is 0 Å². The van der Waals surface area contributed by atoms with E-state index < -0.39 is 0 Å². The number of carbonyl (C=O) groups is 4. The van der Waals surface area contributed by atoms with Gasteiger partial charge in [0.05, 0.1) is 11.4 Å². The van der Waals surface area contributed by atoms with Gasteiger partial charge in [-0.1, -0.05) is 71.7 Å². The van der Waals surface area contributed by atoms with E-state index in [0.29, 0.717) is 71.6 Å². The van der Waals surface area contributed by atoms with Gasteiger partial charge in [-0.05, 0) is 91.1 Å². The molecule has 6 nitrogen and oxygen atoms in total. The number of nitrogens with zero attached hydrogens (tertiary/aromatic N) is 2. The minimum atomic E-state index is -0.388. The minimum Gasteiger partial charge on any atom is -0.268 e. The third-order valence-electron chi connectivity index (χ3n) is 9.12. The maximum absolute atomic E-state index is 13.6. The Hall–Kier alpha value is -5.30. The Kier molecular flexibility index (Phi) is 6.58. The third-order valence-corrected chi connectivity index (χ3v) is 9.78. The van der Waals surface area contributed by atoms with Crippen molar-refractivity contribution in [3.63, 3.8) is 0 Å². The number of rotatable bonds is 4. The van der Waals surface area contributed by atoms with Gasteiger partial charge in [0.2, 0.25) is 0 Å². The van der Waals surface area contributed by atoms with Crippen LogP contribution in [0.15, 0.2) is 97.1 Å². The Balaban J connectivity index is 1.08. The minimum absolute atomic E-state index is 0.388. The first-order chi connectivity index (χ1) is 22.6. The number of halogens is 2. The predicted molar refractivity (Wildman–Crippen MR) is 185 cm³/mol. The van der Waals surface area contributed by atoms with E-state index in [4.69, 9.17) is 23.2 Å². The van der Waals surface area contributed by atoms with Crippen LogP contribution in [0.1, 0.15) is 63.7 Å². The lowest BCUT2D eigenvalue weighted by atomic mass is 9.92. The van der Waals surface area contributed by atoms with Gasteiger partial charge in [-0.3, -0.25) is 19.2 Å². The largest absolute Gasteiger partial charge is 0.268 e. The summed E-state index contributed by atoms with van der Waals surface area (Å²) in [6, 6.07) is 28.7. The van der Waals surface area contributed by atoms with Gasteiger partial charge < -0.3 is 0 Å². The number of benzene rings is 6. The van der Waals surface area contributed by atoms with E-state index in [9.17, 15) is 19.2 Å². The smallest absolute Gasteiger partial charge is 0.265 e. The third kappa shape index (κ3) is 4.33. The first-order valence-electron chi connectivity index (χ1n) is 15.0. The highest BCUT2D eigenvalue weighted by atomic mass is 35.5. The zero-order valence-corrected chi connectivity index (χ0v) is 26.7. The van der Waals surface area contributed by atoms with Crippen molar-refractivity contribution in [3.8, 4) is 0 Å². The van der Waals surface area contributed by atoms with Gasteiger partial charge in [-0.2, -0.15) is 0 Å². The second-order valence-corrected chi connectivity index (χ2v) is 12.8. The molecule has 2 aliphatic heterocycles. The average molecular weight is 656 g/mol. The molecule has 4 amide bonds. The first kappa shape index (κ1) is 29.1. The number of amides is 4. The molecule has 6 aromatic rings. The van der Waals surface area contributed by atoms with Crippen LogP contribution in [0.5, 0.6) is 0 Å². The molecule has 0 saturated heterocycles. The van der Waals surface area contributed by atoms with Crippen LogP contribution < -0.4 is 9.80 Å². The van der Waals surface area contributed by atoms with Crippen molar-refractivity contribution in [2.75, 3.05) is 9.80 Å². The van der Waals surface area contributed by atoms with Crippen LogP contribution in [-0.2, 0) is 6.42 Å². The van der Waals surface area contributed by atoms with Gasteiger partial charge in [0, 0.05) is 53.8 Å². The lowest BCUT2D eigenvalue weighted by molar-refractivity contribution is 0.0877. The first-order valence-corrected chi connectivity index (χ1v) is 15.8. The fourth-order valence-corrected chi connectivity index (χ4v) is 7.39. The molecule has 0 unspecified atom stereocenters. The van der Waals surface area contributed by atoms with E-state index in [1.807, 2.05) is 50.2 Å².